The maximum absolute atomic E-state index is 5.42. The first kappa shape index (κ1) is 13.1. The second kappa shape index (κ2) is 6.01. The minimum absolute atomic E-state index is 0.525. The van der Waals surface area contributed by atoms with E-state index >= 15 is 0 Å². The molecule has 0 unspecified atom stereocenters. The van der Waals surface area contributed by atoms with E-state index in [4.69, 9.17) is 4.52 Å². The predicted molar refractivity (Wildman–Crippen MR) is 72.8 cm³/mol. The van der Waals surface area contributed by atoms with Gasteiger partial charge in [-0.25, -0.2) is 0 Å². The second-order valence-corrected chi connectivity index (χ2v) is 6.03. The fourth-order valence-electron chi connectivity index (χ4n) is 3.08. The van der Waals surface area contributed by atoms with Crippen LogP contribution in [-0.4, -0.2) is 41.2 Å². The Hall–Kier alpha value is -0.940. The van der Waals surface area contributed by atoms with Gasteiger partial charge in [-0.15, -0.1) is 0 Å². The molecule has 1 saturated heterocycles. The Bertz CT molecular complexity index is 392. The minimum Gasteiger partial charge on any atom is -0.338 e. The molecule has 2 heterocycles. The number of hydrogen-bond donors (Lipinski definition) is 1. The Morgan fingerprint density at radius 2 is 1.95 bits per heavy atom. The zero-order chi connectivity index (χ0) is 13.1. The lowest BCUT2D eigenvalue weighted by Crippen LogP contribution is -2.42. The van der Waals surface area contributed by atoms with Crippen LogP contribution in [0.2, 0.25) is 0 Å². The summed E-state index contributed by atoms with van der Waals surface area (Å²) < 4.78 is 5.42. The third-order valence-corrected chi connectivity index (χ3v) is 4.43. The first-order valence-electron chi connectivity index (χ1n) is 7.57. The highest BCUT2D eigenvalue weighted by Crippen LogP contribution is 2.34. The Balaban J connectivity index is 1.56. The highest BCUT2D eigenvalue weighted by atomic mass is 16.5. The van der Waals surface area contributed by atoms with Gasteiger partial charge in [0.2, 0.25) is 5.89 Å². The smallest absolute Gasteiger partial charge is 0.240 e. The summed E-state index contributed by atoms with van der Waals surface area (Å²) in [6.07, 6.45) is 5.03. The van der Waals surface area contributed by atoms with E-state index in [1.165, 1.54) is 25.7 Å². The SMILES string of the molecule is CC1CCC(c2noc(CN3CCNCC3)n2)CC1. The minimum atomic E-state index is 0.525. The van der Waals surface area contributed by atoms with Crippen LogP contribution in [0.4, 0.5) is 0 Å². The standard InChI is InChI=1S/C14H24N4O/c1-11-2-4-12(5-3-11)14-16-13(19-17-14)10-18-8-6-15-7-9-18/h11-12,15H,2-10H2,1H3. The van der Waals surface area contributed by atoms with Gasteiger partial charge in [-0.3, -0.25) is 4.90 Å². The molecule has 5 nitrogen and oxygen atoms in total. The van der Waals surface area contributed by atoms with E-state index in [1.807, 2.05) is 0 Å². The van der Waals surface area contributed by atoms with E-state index in [2.05, 4.69) is 27.3 Å². The molecule has 2 aliphatic rings. The zero-order valence-corrected chi connectivity index (χ0v) is 11.8. The molecule has 0 radical (unpaired) electrons. The van der Waals surface area contributed by atoms with Crippen LogP contribution >= 0.6 is 0 Å². The molecule has 0 amide bonds. The molecule has 1 aromatic heterocycles. The summed E-state index contributed by atoms with van der Waals surface area (Å²) in [5.41, 5.74) is 0. The quantitative estimate of drug-likeness (QED) is 0.901. The molecule has 19 heavy (non-hydrogen) atoms. The molecule has 1 N–H and O–H groups in total. The first-order valence-corrected chi connectivity index (χ1v) is 7.57. The van der Waals surface area contributed by atoms with E-state index in [1.54, 1.807) is 0 Å². The molecule has 5 heteroatoms. The average molecular weight is 264 g/mol. The highest BCUT2D eigenvalue weighted by molar-refractivity contribution is 4.97. The van der Waals surface area contributed by atoms with Gasteiger partial charge in [-0.05, 0) is 18.8 Å². The molecular formula is C14H24N4O. The molecule has 0 aromatic carbocycles. The zero-order valence-electron chi connectivity index (χ0n) is 11.8. The van der Waals surface area contributed by atoms with Crippen LogP contribution in [0.25, 0.3) is 0 Å². The van der Waals surface area contributed by atoms with E-state index in [-0.39, 0.29) is 0 Å². The summed E-state index contributed by atoms with van der Waals surface area (Å²) in [6.45, 7) is 7.39. The summed E-state index contributed by atoms with van der Waals surface area (Å²) in [4.78, 5) is 6.98. The molecule has 1 aliphatic carbocycles. The highest BCUT2D eigenvalue weighted by Gasteiger charge is 2.24. The summed E-state index contributed by atoms with van der Waals surface area (Å²) in [7, 11) is 0. The average Bonchev–Trinajstić information content (AvgIpc) is 2.89. The van der Waals surface area contributed by atoms with Gasteiger partial charge in [0.05, 0.1) is 6.54 Å². The van der Waals surface area contributed by atoms with Crippen molar-refractivity contribution in [3.63, 3.8) is 0 Å². The second-order valence-electron chi connectivity index (χ2n) is 6.03. The van der Waals surface area contributed by atoms with Gasteiger partial charge in [-0.2, -0.15) is 4.98 Å². The topological polar surface area (TPSA) is 54.2 Å². The van der Waals surface area contributed by atoms with Crippen LogP contribution in [0.3, 0.4) is 0 Å². The number of piperazine rings is 1. The molecule has 0 spiro atoms. The lowest BCUT2D eigenvalue weighted by atomic mass is 9.83. The molecule has 0 bridgehead atoms. The van der Waals surface area contributed by atoms with Gasteiger partial charge in [0, 0.05) is 32.1 Å². The summed E-state index contributed by atoms with van der Waals surface area (Å²) in [5.74, 6) is 3.12. The lowest BCUT2D eigenvalue weighted by molar-refractivity contribution is 0.203. The molecule has 106 valence electrons. The van der Waals surface area contributed by atoms with E-state index in [9.17, 15) is 0 Å². The van der Waals surface area contributed by atoms with E-state index < -0.39 is 0 Å². The van der Waals surface area contributed by atoms with Gasteiger partial charge < -0.3 is 9.84 Å². The van der Waals surface area contributed by atoms with Gasteiger partial charge in [0.1, 0.15) is 0 Å². The molecule has 0 atom stereocenters. The molecule has 2 fully saturated rings. The lowest BCUT2D eigenvalue weighted by Gasteiger charge is -2.25. The van der Waals surface area contributed by atoms with Crippen LogP contribution in [-0.2, 0) is 6.54 Å². The van der Waals surface area contributed by atoms with Crippen LogP contribution in [0, 0.1) is 5.92 Å². The molecule has 1 aliphatic heterocycles. The Morgan fingerprint density at radius 1 is 1.21 bits per heavy atom. The largest absolute Gasteiger partial charge is 0.338 e. The fourth-order valence-corrected chi connectivity index (χ4v) is 3.08. The maximum Gasteiger partial charge on any atom is 0.240 e. The number of hydrogen-bond acceptors (Lipinski definition) is 5. The van der Waals surface area contributed by atoms with Gasteiger partial charge >= 0.3 is 0 Å². The number of nitrogens with zero attached hydrogens (tertiary/aromatic N) is 3. The van der Waals surface area contributed by atoms with Crippen molar-refractivity contribution in [2.45, 2.75) is 45.1 Å². The summed E-state index contributed by atoms with van der Waals surface area (Å²) in [6, 6.07) is 0. The van der Waals surface area contributed by atoms with Crippen LogP contribution < -0.4 is 5.32 Å². The third-order valence-electron chi connectivity index (χ3n) is 4.43. The number of aromatic nitrogens is 2. The van der Waals surface area contributed by atoms with Crippen molar-refractivity contribution in [1.82, 2.24) is 20.4 Å². The maximum atomic E-state index is 5.42. The van der Waals surface area contributed by atoms with Crippen molar-refractivity contribution >= 4 is 0 Å². The van der Waals surface area contributed by atoms with Crippen molar-refractivity contribution in [2.24, 2.45) is 5.92 Å². The van der Waals surface area contributed by atoms with Crippen LogP contribution in [0.15, 0.2) is 4.52 Å². The predicted octanol–water partition coefficient (Wildman–Crippen LogP) is 1.77. The molecule has 1 saturated carbocycles. The summed E-state index contributed by atoms with van der Waals surface area (Å²) in [5, 5.41) is 7.56. The monoisotopic (exact) mass is 264 g/mol. The van der Waals surface area contributed by atoms with Crippen LogP contribution in [0.1, 0.15) is 50.2 Å². The van der Waals surface area contributed by atoms with Crippen molar-refractivity contribution in [3.8, 4) is 0 Å². The number of nitrogens with one attached hydrogen (secondary N) is 1. The Labute approximate surface area is 114 Å². The van der Waals surface area contributed by atoms with Crippen molar-refractivity contribution < 1.29 is 4.52 Å². The van der Waals surface area contributed by atoms with Crippen LogP contribution in [0.5, 0.6) is 0 Å². The van der Waals surface area contributed by atoms with Gasteiger partial charge in [0.25, 0.3) is 0 Å². The summed E-state index contributed by atoms with van der Waals surface area (Å²) >= 11 is 0. The van der Waals surface area contributed by atoms with E-state index in [0.29, 0.717) is 5.92 Å². The first-order chi connectivity index (χ1) is 9.31. The van der Waals surface area contributed by atoms with Crippen molar-refractivity contribution in [1.29, 1.82) is 0 Å². The number of rotatable bonds is 3. The van der Waals surface area contributed by atoms with Crippen molar-refractivity contribution in [3.05, 3.63) is 11.7 Å². The molecule has 1 aromatic rings. The molecule has 3 rings (SSSR count). The molecular weight excluding hydrogens is 240 g/mol. The normalized spacial score (nSPS) is 29.5. The van der Waals surface area contributed by atoms with Gasteiger partial charge in [-0.1, -0.05) is 24.9 Å². The van der Waals surface area contributed by atoms with Gasteiger partial charge in [0.15, 0.2) is 5.82 Å². The third kappa shape index (κ3) is 3.34. The van der Waals surface area contributed by atoms with Crippen molar-refractivity contribution in [2.75, 3.05) is 26.2 Å². The Kier molecular flexibility index (Phi) is 4.13. The Morgan fingerprint density at radius 3 is 2.68 bits per heavy atom. The fraction of sp³-hybridized carbons (Fsp3) is 0.857. The van der Waals surface area contributed by atoms with E-state index in [0.717, 1.165) is 50.4 Å².